The van der Waals surface area contributed by atoms with Crippen LogP contribution in [0.15, 0.2) is 60.7 Å². The normalized spacial score (nSPS) is 14.2. The second kappa shape index (κ2) is 7.18. The van der Waals surface area contributed by atoms with Crippen LogP contribution in [0.3, 0.4) is 0 Å². The van der Waals surface area contributed by atoms with Crippen molar-refractivity contribution in [3.05, 3.63) is 77.4 Å². The number of nitrogens with zero attached hydrogens (tertiary/aromatic N) is 1. The summed E-state index contributed by atoms with van der Waals surface area (Å²) in [6.07, 6.45) is 1.05. The van der Waals surface area contributed by atoms with Gasteiger partial charge in [0.1, 0.15) is 5.75 Å². The highest BCUT2D eigenvalue weighted by atomic mass is 16.3. The van der Waals surface area contributed by atoms with Crippen LogP contribution in [0.2, 0.25) is 0 Å². The first-order chi connectivity index (χ1) is 12.7. The van der Waals surface area contributed by atoms with Gasteiger partial charge in [0.2, 0.25) is 0 Å². The van der Waals surface area contributed by atoms with E-state index in [0.717, 1.165) is 36.8 Å². The van der Waals surface area contributed by atoms with Gasteiger partial charge in [-0.3, -0.25) is 9.69 Å². The molecule has 0 aliphatic carbocycles. The second-order valence-corrected chi connectivity index (χ2v) is 6.77. The maximum Gasteiger partial charge on any atom is 0.255 e. The molecule has 0 unspecified atom stereocenters. The molecule has 0 fully saturated rings. The number of phenolic OH excluding ortho intramolecular Hbond substituents is 1. The lowest BCUT2D eigenvalue weighted by Gasteiger charge is -2.28. The Balaban J connectivity index is 1.37. The third kappa shape index (κ3) is 3.41. The molecule has 1 amide bonds. The summed E-state index contributed by atoms with van der Waals surface area (Å²) in [6.45, 7) is 3.29. The monoisotopic (exact) mass is 346 g/mol. The molecule has 0 saturated carbocycles. The van der Waals surface area contributed by atoms with Crippen LogP contribution in [0.4, 0.5) is 0 Å². The molecule has 4 heteroatoms. The van der Waals surface area contributed by atoms with Gasteiger partial charge in [-0.2, -0.15) is 0 Å². The fraction of sp³-hybridized carbons (Fsp3) is 0.227. The van der Waals surface area contributed by atoms with Gasteiger partial charge in [0.25, 0.3) is 5.91 Å². The molecule has 3 aromatic rings. The van der Waals surface area contributed by atoms with Gasteiger partial charge in [-0.05, 0) is 40.5 Å². The predicted octanol–water partition coefficient (Wildman–Crippen LogP) is 3.33. The minimum Gasteiger partial charge on any atom is -0.507 e. The van der Waals surface area contributed by atoms with E-state index in [0.29, 0.717) is 12.1 Å². The highest BCUT2D eigenvalue weighted by Gasteiger charge is 2.16. The van der Waals surface area contributed by atoms with E-state index in [1.807, 2.05) is 24.3 Å². The van der Waals surface area contributed by atoms with Crippen LogP contribution in [0.1, 0.15) is 21.5 Å². The number of hydrogen-bond donors (Lipinski definition) is 2. The smallest absolute Gasteiger partial charge is 0.255 e. The van der Waals surface area contributed by atoms with Gasteiger partial charge in [-0.25, -0.2) is 0 Å². The van der Waals surface area contributed by atoms with Crippen LogP contribution in [0, 0.1) is 0 Å². The Kier molecular flexibility index (Phi) is 4.59. The molecule has 0 bridgehead atoms. The molecular weight excluding hydrogens is 324 g/mol. The topological polar surface area (TPSA) is 52.6 Å². The zero-order chi connectivity index (χ0) is 17.9. The van der Waals surface area contributed by atoms with Crippen LogP contribution in [-0.4, -0.2) is 35.5 Å². The van der Waals surface area contributed by atoms with Crippen molar-refractivity contribution in [2.75, 3.05) is 19.6 Å². The van der Waals surface area contributed by atoms with Crippen molar-refractivity contribution in [1.82, 2.24) is 10.2 Å². The minimum atomic E-state index is -0.231. The van der Waals surface area contributed by atoms with E-state index in [1.54, 1.807) is 12.1 Å². The van der Waals surface area contributed by atoms with E-state index in [1.165, 1.54) is 11.1 Å². The zero-order valence-corrected chi connectivity index (χ0v) is 14.6. The summed E-state index contributed by atoms with van der Waals surface area (Å²) in [5.74, 6) is -0.209. The Hall–Kier alpha value is -2.85. The SMILES string of the molecule is O=C(NCCN1CCc2ccccc2C1)c1cc2ccccc2cc1O. The first kappa shape index (κ1) is 16.6. The lowest BCUT2D eigenvalue weighted by molar-refractivity contribution is 0.0945. The van der Waals surface area contributed by atoms with Crippen molar-refractivity contribution in [2.45, 2.75) is 13.0 Å². The molecule has 4 nitrogen and oxygen atoms in total. The summed E-state index contributed by atoms with van der Waals surface area (Å²) >= 11 is 0. The highest BCUT2D eigenvalue weighted by Crippen LogP contribution is 2.25. The highest BCUT2D eigenvalue weighted by molar-refractivity contribution is 6.01. The van der Waals surface area contributed by atoms with E-state index >= 15 is 0 Å². The summed E-state index contributed by atoms with van der Waals surface area (Å²) in [5, 5.41) is 15.0. The number of nitrogens with one attached hydrogen (secondary N) is 1. The van der Waals surface area contributed by atoms with E-state index < -0.39 is 0 Å². The zero-order valence-electron chi connectivity index (χ0n) is 14.6. The summed E-state index contributed by atoms with van der Waals surface area (Å²) in [5.41, 5.74) is 3.12. The molecule has 1 aliphatic heterocycles. The molecule has 0 atom stereocenters. The Morgan fingerprint density at radius 2 is 1.69 bits per heavy atom. The van der Waals surface area contributed by atoms with Crippen LogP contribution in [0.25, 0.3) is 10.8 Å². The van der Waals surface area contributed by atoms with Crippen molar-refractivity contribution >= 4 is 16.7 Å². The molecule has 0 aromatic heterocycles. The molecule has 2 N–H and O–H groups in total. The maximum absolute atomic E-state index is 12.5. The van der Waals surface area contributed by atoms with Crippen LogP contribution in [0.5, 0.6) is 5.75 Å². The largest absolute Gasteiger partial charge is 0.507 e. The summed E-state index contributed by atoms with van der Waals surface area (Å²) in [6, 6.07) is 19.6. The predicted molar refractivity (Wildman–Crippen MR) is 103 cm³/mol. The van der Waals surface area contributed by atoms with Crippen molar-refractivity contribution in [2.24, 2.45) is 0 Å². The molecule has 1 heterocycles. The van der Waals surface area contributed by atoms with Crippen LogP contribution < -0.4 is 5.32 Å². The molecule has 0 saturated heterocycles. The molecule has 1 aliphatic rings. The minimum absolute atomic E-state index is 0.0214. The molecule has 3 aromatic carbocycles. The average molecular weight is 346 g/mol. The van der Waals surface area contributed by atoms with Crippen molar-refractivity contribution in [3.8, 4) is 5.75 Å². The Morgan fingerprint density at radius 3 is 2.50 bits per heavy atom. The lowest BCUT2D eigenvalue weighted by atomic mass is 10.00. The van der Waals surface area contributed by atoms with E-state index in [-0.39, 0.29) is 11.7 Å². The van der Waals surface area contributed by atoms with Crippen LogP contribution in [-0.2, 0) is 13.0 Å². The standard InChI is InChI=1S/C22H22N2O2/c25-21-14-18-7-3-2-6-17(18)13-20(21)22(26)23-10-12-24-11-9-16-5-1-4-8-19(16)15-24/h1-8,13-14,25H,9-12,15H2,(H,23,26). The number of phenols is 1. The Labute approximate surface area is 153 Å². The molecule has 4 rings (SSSR count). The molecule has 0 spiro atoms. The fourth-order valence-electron chi connectivity index (χ4n) is 3.58. The number of carbonyl (C=O) groups excluding carboxylic acids is 1. The van der Waals surface area contributed by atoms with Gasteiger partial charge in [-0.1, -0.05) is 48.5 Å². The lowest BCUT2D eigenvalue weighted by Crippen LogP contribution is -2.37. The summed E-state index contributed by atoms with van der Waals surface area (Å²) in [4.78, 5) is 14.8. The number of carbonyl (C=O) groups is 1. The quantitative estimate of drug-likeness (QED) is 0.762. The molecular formula is C22H22N2O2. The van der Waals surface area contributed by atoms with E-state index in [2.05, 4.69) is 34.5 Å². The molecule has 26 heavy (non-hydrogen) atoms. The average Bonchev–Trinajstić information content (AvgIpc) is 2.67. The molecule has 0 radical (unpaired) electrons. The second-order valence-electron chi connectivity index (χ2n) is 6.77. The third-order valence-electron chi connectivity index (χ3n) is 5.03. The Bertz CT molecular complexity index is 952. The summed E-state index contributed by atoms with van der Waals surface area (Å²) in [7, 11) is 0. The first-order valence-corrected chi connectivity index (χ1v) is 9.00. The first-order valence-electron chi connectivity index (χ1n) is 9.00. The van der Waals surface area contributed by atoms with Crippen LogP contribution >= 0.6 is 0 Å². The van der Waals surface area contributed by atoms with E-state index in [9.17, 15) is 9.90 Å². The van der Waals surface area contributed by atoms with Crippen molar-refractivity contribution in [1.29, 1.82) is 0 Å². The van der Waals surface area contributed by atoms with Gasteiger partial charge < -0.3 is 10.4 Å². The van der Waals surface area contributed by atoms with Gasteiger partial charge in [0.05, 0.1) is 5.56 Å². The number of benzene rings is 3. The Morgan fingerprint density at radius 1 is 1.00 bits per heavy atom. The van der Waals surface area contributed by atoms with Crippen molar-refractivity contribution < 1.29 is 9.90 Å². The number of aromatic hydroxyl groups is 1. The van der Waals surface area contributed by atoms with Gasteiger partial charge >= 0.3 is 0 Å². The fourth-order valence-corrected chi connectivity index (χ4v) is 3.58. The number of amides is 1. The van der Waals surface area contributed by atoms with Gasteiger partial charge in [-0.15, -0.1) is 0 Å². The molecule has 132 valence electrons. The van der Waals surface area contributed by atoms with Crippen molar-refractivity contribution in [3.63, 3.8) is 0 Å². The maximum atomic E-state index is 12.5. The third-order valence-corrected chi connectivity index (χ3v) is 5.03. The van der Waals surface area contributed by atoms with E-state index in [4.69, 9.17) is 0 Å². The van der Waals surface area contributed by atoms with Gasteiger partial charge in [0, 0.05) is 26.2 Å². The summed E-state index contributed by atoms with van der Waals surface area (Å²) < 4.78 is 0. The van der Waals surface area contributed by atoms with Gasteiger partial charge in [0.15, 0.2) is 0 Å². The number of rotatable bonds is 4. The number of hydrogen-bond acceptors (Lipinski definition) is 3. The number of fused-ring (bicyclic) bond motifs is 2.